The summed E-state index contributed by atoms with van der Waals surface area (Å²) in [6.07, 6.45) is 1.83. The van der Waals surface area contributed by atoms with Gasteiger partial charge in [-0.1, -0.05) is 0 Å². The van der Waals surface area contributed by atoms with Crippen molar-refractivity contribution < 1.29 is 8.42 Å². The fourth-order valence-corrected chi connectivity index (χ4v) is 3.46. The smallest absolute Gasteiger partial charge is 0.226 e. The molecule has 1 aromatic rings. The topological polar surface area (TPSA) is 75.2 Å². The highest BCUT2D eigenvalue weighted by Gasteiger charge is 2.30. The molecule has 0 radical (unpaired) electrons. The van der Waals surface area contributed by atoms with E-state index in [0.717, 1.165) is 30.8 Å². The summed E-state index contributed by atoms with van der Waals surface area (Å²) in [5.74, 6) is 0.742. The van der Waals surface area contributed by atoms with Gasteiger partial charge in [0.15, 0.2) is 0 Å². The van der Waals surface area contributed by atoms with E-state index in [9.17, 15) is 8.42 Å². The molecule has 6 nitrogen and oxygen atoms in total. The Labute approximate surface area is 114 Å². The monoisotopic (exact) mass is 284 g/mol. The molecule has 2 heterocycles. The van der Waals surface area contributed by atoms with E-state index in [1.165, 1.54) is 7.05 Å². The van der Waals surface area contributed by atoms with Crippen LogP contribution in [-0.4, -0.2) is 43.8 Å². The number of rotatable bonds is 4. The molecule has 0 aliphatic carbocycles. The minimum absolute atomic E-state index is 0.0429. The van der Waals surface area contributed by atoms with Crippen LogP contribution in [0.5, 0.6) is 0 Å². The number of hydrogen-bond acceptors (Lipinski definition) is 5. The molecule has 1 atom stereocenters. The van der Waals surface area contributed by atoms with Crippen molar-refractivity contribution in [1.82, 2.24) is 14.7 Å². The first-order chi connectivity index (χ1) is 8.91. The average Bonchev–Trinajstić information content (AvgIpc) is 2.75. The summed E-state index contributed by atoms with van der Waals surface area (Å²) in [7, 11) is -1.76. The second-order valence-electron chi connectivity index (χ2n) is 4.93. The van der Waals surface area contributed by atoms with Crippen LogP contribution in [0.2, 0.25) is 0 Å². The van der Waals surface area contributed by atoms with Gasteiger partial charge in [0, 0.05) is 24.0 Å². The molecule has 2 rings (SSSR count). The van der Waals surface area contributed by atoms with Crippen molar-refractivity contribution in [2.45, 2.75) is 32.7 Å². The molecule has 7 heteroatoms. The maximum atomic E-state index is 11.7. The molecule has 1 aliphatic rings. The van der Waals surface area contributed by atoms with Gasteiger partial charge in [0.25, 0.3) is 0 Å². The van der Waals surface area contributed by atoms with E-state index in [0.29, 0.717) is 5.95 Å². The number of nitrogens with one attached hydrogen (secondary N) is 1. The van der Waals surface area contributed by atoms with Gasteiger partial charge in [-0.3, -0.25) is 0 Å². The Morgan fingerprint density at radius 1 is 1.37 bits per heavy atom. The molecule has 1 aromatic heterocycles. The van der Waals surface area contributed by atoms with E-state index in [1.54, 1.807) is 0 Å². The molecular formula is C12H20N4O2S. The van der Waals surface area contributed by atoms with Gasteiger partial charge in [0.2, 0.25) is 16.0 Å². The number of aryl methyl sites for hydroxylation is 2. The molecule has 1 aliphatic heterocycles. The van der Waals surface area contributed by atoms with Crippen molar-refractivity contribution in [3.63, 3.8) is 0 Å². The number of sulfonamides is 1. The third kappa shape index (κ3) is 3.42. The van der Waals surface area contributed by atoms with Crippen LogP contribution in [0.25, 0.3) is 0 Å². The van der Waals surface area contributed by atoms with Crippen LogP contribution in [0, 0.1) is 13.8 Å². The van der Waals surface area contributed by atoms with Crippen LogP contribution in [-0.2, 0) is 10.0 Å². The predicted octanol–water partition coefficient (Wildman–Crippen LogP) is 0.611. The summed E-state index contributed by atoms with van der Waals surface area (Å²) in [6, 6.07) is 1.87. The first-order valence-electron chi connectivity index (χ1n) is 6.41. The standard InChI is InChI=1S/C12H20N4O2S/c1-9-7-10(2)15-12(14-9)16-6-4-5-11(16)8-19(17,18)13-3/h7,11,13H,4-6,8H2,1-3H3/t11-/m0/s1. The fraction of sp³-hybridized carbons (Fsp3) is 0.667. The zero-order valence-electron chi connectivity index (χ0n) is 11.5. The maximum Gasteiger partial charge on any atom is 0.226 e. The highest BCUT2D eigenvalue weighted by molar-refractivity contribution is 7.89. The van der Waals surface area contributed by atoms with E-state index < -0.39 is 10.0 Å². The average molecular weight is 284 g/mol. The van der Waals surface area contributed by atoms with E-state index >= 15 is 0 Å². The van der Waals surface area contributed by atoms with Gasteiger partial charge in [-0.25, -0.2) is 23.1 Å². The molecule has 0 amide bonds. The minimum Gasteiger partial charge on any atom is -0.337 e. The molecule has 1 N–H and O–H groups in total. The second-order valence-corrected chi connectivity index (χ2v) is 6.90. The molecular weight excluding hydrogens is 264 g/mol. The molecule has 19 heavy (non-hydrogen) atoms. The van der Waals surface area contributed by atoms with Gasteiger partial charge in [-0.2, -0.15) is 0 Å². The van der Waals surface area contributed by atoms with Crippen LogP contribution in [0.1, 0.15) is 24.2 Å². The summed E-state index contributed by atoms with van der Waals surface area (Å²) >= 11 is 0. The first-order valence-corrected chi connectivity index (χ1v) is 8.06. The Bertz CT molecular complexity index is 539. The number of nitrogens with zero attached hydrogens (tertiary/aromatic N) is 3. The minimum atomic E-state index is -3.21. The maximum absolute atomic E-state index is 11.7. The quantitative estimate of drug-likeness (QED) is 0.877. The highest BCUT2D eigenvalue weighted by atomic mass is 32.2. The largest absolute Gasteiger partial charge is 0.337 e. The number of aromatic nitrogens is 2. The van der Waals surface area contributed by atoms with Gasteiger partial charge in [0.1, 0.15) is 0 Å². The Morgan fingerprint density at radius 2 is 2.00 bits per heavy atom. The van der Waals surface area contributed by atoms with Crippen molar-refractivity contribution in [3.8, 4) is 0 Å². The zero-order chi connectivity index (χ0) is 14.0. The van der Waals surface area contributed by atoms with E-state index in [2.05, 4.69) is 14.7 Å². The van der Waals surface area contributed by atoms with Gasteiger partial charge >= 0.3 is 0 Å². The third-order valence-corrected chi connectivity index (χ3v) is 4.77. The van der Waals surface area contributed by atoms with Gasteiger partial charge < -0.3 is 4.90 Å². The lowest BCUT2D eigenvalue weighted by Crippen LogP contribution is -2.39. The van der Waals surface area contributed by atoms with Crippen molar-refractivity contribution in [1.29, 1.82) is 0 Å². The molecule has 106 valence electrons. The zero-order valence-corrected chi connectivity index (χ0v) is 12.4. The van der Waals surface area contributed by atoms with E-state index in [1.807, 2.05) is 24.8 Å². The lowest BCUT2D eigenvalue weighted by Gasteiger charge is -2.24. The molecule has 0 saturated carbocycles. The van der Waals surface area contributed by atoms with Crippen molar-refractivity contribution in [2.24, 2.45) is 0 Å². The summed E-state index contributed by atoms with van der Waals surface area (Å²) in [5, 5.41) is 0. The summed E-state index contributed by atoms with van der Waals surface area (Å²) in [6.45, 7) is 4.66. The van der Waals surface area contributed by atoms with Crippen LogP contribution < -0.4 is 9.62 Å². The lowest BCUT2D eigenvalue weighted by atomic mass is 10.2. The van der Waals surface area contributed by atoms with Crippen LogP contribution >= 0.6 is 0 Å². The van der Waals surface area contributed by atoms with E-state index in [4.69, 9.17) is 0 Å². The second kappa shape index (κ2) is 5.42. The Morgan fingerprint density at radius 3 is 2.58 bits per heavy atom. The Balaban J connectivity index is 2.23. The highest BCUT2D eigenvalue weighted by Crippen LogP contribution is 2.23. The molecule has 1 saturated heterocycles. The number of hydrogen-bond donors (Lipinski definition) is 1. The van der Waals surface area contributed by atoms with Gasteiger partial charge in [-0.05, 0) is 39.8 Å². The van der Waals surface area contributed by atoms with Crippen LogP contribution in [0.3, 0.4) is 0 Å². The molecule has 1 fully saturated rings. The molecule has 0 bridgehead atoms. The van der Waals surface area contributed by atoms with Crippen molar-refractivity contribution in [3.05, 3.63) is 17.5 Å². The molecule has 0 spiro atoms. The van der Waals surface area contributed by atoms with Crippen LogP contribution in [0.4, 0.5) is 5.95 Å². The Hall–Kier alpha value is -1.21. The normalized spacial score (nSPS) is 19.9. The Kier molecular flexibility index (Phi) is 4.05. The first kappa shape index (κ1) is 14.2. The molecule has 0 aromatic carbocycles. The summed E-state index contributed by atoms with van der Waals surface area (Å²) in [5.41, 5.74) is 1.81. The van der Waals surface area contributed by atoms with E-state index in [-0.39, 0.29) is 11.8 Å². The summed E-state index contributed by atoms with van der Waals surface area (Å²) < 4.78 is 25.7. The lowest BCUT2D eigenvalue weighted by molar-refractivity contribution is 0.577. The fourth-order valence-electron chi connectivity index (χ4n) is 2.44. The van der Waals surface area contributed by atoms with Gasteiger partial charge in [0.05, 0.1) is 5.75 Å². The van der Waals surface area contributed by atoms with Crippen LogP contribution in [0.15, 0.2) is 6.07 Å². The van der Waals surface area contributed by atoms with Crippen molar-refractivity contribution in [2.75, 3.05) is 24.2 Å². The predicted molar refractivity (Wildman–Crippen MR) is 74.7 cm³/mol. The summed E-state index contributed by atoms with van der Waals surface area (Å²) in [4.78, 5) is 10.9. The number of anilines is 1. The molecule has 0 unspecified atom stereocenters. The SMILES string of the molecule is CNS(=O)(=O)C[C@@H]1CCCN1c1nc(C)cc(C)n1. The third-order valence-electron chi connectivity index (χ3n) is 3.33. The van der Waals surface area contributed by atoms with Crippen molar-refractivity contribution >= 4 is 16.0 Å². The van der Waals surface area contributed by atoms with Gasteiger partial charge in [-0.15, -0.1) is 0 Å².